The van der Waals surface area contributed by atoms with Crippen LogP contribution in [0.2, 0.25) is 0 Å². The molecular formula is C17H15BrN2. The van der Waals surface area contributed by atoms with E-state index in [1.807, 2.05) is 18.2 Å². The third-order valence-electron chi connectivity index (χ3n) is 3.81. The van der Waals surface area contributed by atoms with Gasteiger partial charge in [0.05, 0.1) is 17.7 Å². The fraction of sp³-hybridized carbons (Fsp3) is 0.235. The molecule has 2 aromatic carbocycles. The predicted molar refractivity (Wildman–Crippen MR) is 84.6 cm³/mol. The Morgan fingerprint density at radius 2 is 1.95 bits per heavy atom. The van der Waals surface area contributed by atoms with Crippen molar-refractivity contribution in [1.29, 1.82) is 5.26 Å². The molecule has 0 amide bonds. The average Bonchev–Trinajstić information content (AvgIpc) is 2.97. The van der Waals surface area contributed by atoms with Gasteiger partial charge < -0.3 is 4.90 Å². The van der Waals surface area contributed by atoms with E-state index in [0.29, 0.717) is 6.04 Å². The summed E-state index contributed by atoms with van der Waals surface area (Å²) in [6.07, 6.45) is 2.36. The molecule has 2 nitrogen and oxygen atoms in total. The lowest BCUT2D eigenvalue weighted by Crippen LogP contribution is -2.22. The van der Waals surface area contributed by atoms with Gasteiger partial charge in [0.1, 0.15) is 0 Å². The van der Waals surface area contributed by atoms with E-state index in [-0.39, 0.29) is 0 Å². The first kappa shape index (κ1) is 13.2. The summed E-state index contributed by atoms with van der Waals surface area (Å²) in [5.41, 5.74) is 3.21. The molecule has 20 heavy (non-hydrogen) atoms. The summed E-state index contributed by atoms with van der Waals surface area (Å²) in [6.45, 7) is 1.05. The second kappa shape index (κ2) is 5.68. The van der Waals surface area contributed by atoms with Crippen LogP contribution in [0.5, 0.6) is 0 Å². The molecule has 1 aliphatic heterocycles. The van der Waals surface area contributed by atoms with Crippen molar-refractivity contribution in [3.63, 3.8) is 0 Å². The van der Waals surface area contributed by atoms with Crippen LogP contribution in [0.3, 0.4) is 0 Å². The van der Waals surface area contributed by atoms with E-state index in [9.17, 15) is 0 Å². The molecule has 1 aliphatic rings. The maximum Gasteiger partial charge on any atom is 0.0992 e. The first-order valence-electron chi connectivity index (χ1n) is 6.80. The molecule has 1 atom stereocenters. The number of hydrogen-bond acceptors (Lipinski definition) is 2. The number of nitriles is 1. The molecule has 2 aromatic rings. The summed E-state index contributed by atoms with van der Waals surface area (Å²) in [5, 5.41) is 9.04. The van der Waals surface area contributed by atoms with Gasteiger partial charge in [-0.05, 0) is 48.7 Å². The minimum absolute atomic E-state index is 0.414. The number of anilines is 1. The van der Waals surface area contributed by atoms with Crippen molar-refractivity contribution in [2.45, 2.75) is 18.9 Å². The Balaban J connectivity index is 1.92. The molecule has 0 bridgehead atoms. The van der Waals surface area contributed by atoms with Gasteiger partial charge in [-0.3, -0.25) is 0 Å². The summed E-state index contributed by atoms with van der Waals surface area (Å²) in [7, 11) is 0. The average molecular weight is 327 g/mol. The third kappa shape index (κ3) is 2.57. The minimum atomic E-state index is 0.414. The Kier molecular flexibility index (Phi) is 3.75. The lowest BCUT2D eigenvalue weighted by Gasteiger charge is -2.27. The van der Waals surface area contributed by atoms with Crippen LogP contribution in [-0.4, -0.2) is 6.54 Å². The van der Waals surface area contributed by atoms with E-state index in [1.54, 1.807) is 0 Å². The molecule has 0 N–H and O–H groups in total. The van der Waals surface area contributed by atoms with Crippen molar-refractivity contribution in [1.82, 2.24) is 0 Å². The van der Waals surface area contributed by atoms with Gasteiger partial charge in [-0.2, -0.15) is 5.26 Å². The smallest absolute Gasteiger partial charge is 0.0992 e. The maximum atomic E-state index is 9.04. The molecule has 3 heteroatoms. The van der Waals surface area contributed by atoms with Gasteiger partial charge in [0.2, 0.25) is 0 Å². The van der Waals surface area contributed by atoms with Crippen LogP contribution in [-0.2, 0) is 0 Å². The van der Waals surface area contributed by atoms with Gasteiger partial charge >= 0.3 is 0 Å². The van der Waals surface area contributed by atoms with Gasteiger partial charge in [0, 0.05) is 16.7 Å². The second-order valence-electron chi connectivity index (χ2n) is 5.07. The van der Waals surface area contributed by atoms with Gasteiger partial charge in [-0.15, -0.1) is 0 Å². The van der Waals surface area contributed by atoms with Gasteiger partial charge in [-0.25, -0.2) is 0 Å². The van der Waals surface area contributed by atoms with E-state index in [4.69, 9.17) is 5.26 Å². The summed E-state index contributed by atoms with van der Waals surface area (Å²) >= 11 is 3.48. The Morgan fingerprint density at radius 1 is 1.15 bits per heavy atom. The Bertz CT molecular complexity index is 643. The zero-order valence-corrected chi connectivity index (χ0v) is 12.7. The van der Waals surface area contributed by atoms with Crippen molar-refractivity contribution in [3.05, 3.63) is 64.1 Å². The van der Waals surface area contributed by atoms with Gasteiger partial charge in [0.25, 0.3) is 0 Å². The molecule has 0 spiro atoms. The molecule has 1 saturated heterocycles. The van der Waals surface area contributed by atoms with E-state index in [1.165, 1.54) is 18.4 Å². The molecule has 1 fully saturated rings. The monoisotopic (exact) mass is 326 g/mol. The standard InChI is InChI=1S/C17H15BrN2/c18-15-8-6-14(7-9-15)17-5-2-10-20(17)16-4-1-3-13(11-16)12-19/h1,3-4,6-9,11,17H,2,5,10H2. The van der Waals surface area contributed by atoms with Crippen LogP contribution >= 0.6 is 15.9 Å². The van der Waals surface area contributed by atoms with Crippen LogP contribution in [0.4, 0.5) is 5.69 Å². The van der Waals surface area contributed by atoms with Crippen molar-refractivity contribution < 1.29 is 0 Å². The number of hydrogen-bond donors (Lipinski definition) is 0. The van der Waals surface area contributed by atoms with Crippen LogP contribution < -0.4 is 4.90 Å². The zero-order chi connectivity index (χ0) is 13.9. The number of benzene rings is 2. The third-order valence-corrected chi connectivity index (χ3v) is 4.34. The summed E-state index contributed by atoms with van der Waals surface area (Å²) in [4.78, 5) is 2.41. The molecular weight excluding hydrogens is 312 g/mol. The lowest BCUT2D eigenvalue weighted by atomic mass is 10.0. The summed E-state index contributed by atoms with van der Waals surface area (Å²) < 4.78 is 1.11. The molecule has 0 aliphatic carbocycles. The number of rotatable bonds is 2. The quantitative estimate of drug-likeness (QED) is 0.802. The minimum Gasteiger partial charge on any atom is -0.364 e. The van der Waals surface area contributed by atoms with Crippen molar-refractivity contribution in [3.8, 4) is 6.07 Å². The van der Waals surface area contributed by atoms with Crippen LogP contribution in [0.25, 0.3) is 0 Å². The first-order chi connectivity index (χ1) is 9.78. The van der Waals surface area contributed by atoms with E-state index in [2.05, 4.69) is 57.2 Å². The Labute approximate surface area is 127 Å². The van der Waals surface area contributed by atoms with E-state index >= 15 is 0 Å². The van der Waals surface area contributed by atoms with Crippen LogP contribution in [0.1, 0.15) is 30.0 Å². The number of halogens is 1. The maximum absolute atomic E-state index is 9.04. The van der Waals surface area contributed by atoms with Crippen molar-refractivity contribution in [2.75, 3.05) is 11.4 Å². The first-order valence-corrected chi connectivity index (χ1v) is 7.59. The second-order valence-corrected chi connectivity index (χ2v) is 5.98. The molecule has 1 unspecified atom stereocenters. The van der Waals surface area contributed by atoms with E-state index < -0.39 is 0 Å². The van der Waals surface area contributed by atoms with Crippen molar-refractivity contribution in [2.24, 2.45) is 0 Å². The molecule has 1 heterocycles. The van der Waals surface area contributed by atoms with Crippen molar-refractivity contribution >= 4 is 21.6 Å². The Morgan fingerprint density at radius 3 is 2.70 bits per heavy atom. The highest BCUT2D eigenvalue weighted by atomic mass is 79.9. The lowest BCUT2D eigenvalue weighted by molar-refractivity contribution is 0.719. The van der Waals surface area contributed by atoms with Crippen LogP contribution in [0.15, 0.2) is 53.0 Å². The Hall–Kier alpha value is -1.79. The molecule has 0 saturated carbocycles. The van der Waals surface area contributed by atoms with Gasteiger partial charge in [-0.1, -0.05) is 34.1 Å². The largest absolute Gasteiger partial charge is 0.364 e. The molecule has 100 valence electrons. The summed E-state index contributed by atoms with van der Waals surface area (Å²) in [6, 6.07) is 19.1. The van der Waals surface area contributed by atoms with Crippen LogP contribution in [0, 0.1) is 11.3 Å². The van der Waals surface area contributed by atoms with Gasteiger partial charge in [0.15, 0.2) is 0 Å². The predicted octanol–water partition coefficient (Wildman–Crippen LogP) is 4.66. The highest BCUT2D eigenvalue weighted by Gasteiger charge is 2.26. The number of nitrogens with zero attached hydrogens (tertiary/aromatic N) is 2. The zero-order valence-electron chi connectivity index (χ0n) is 11.1. The highest BCUT2D eigenvalue weighted by Crippen LogP contribution is 2.36. The van der Waals surface area contributed by atoms with E-state index in [0.717, 1.165) is 22.3 Å². The summed E-state index contributed by atoms with van der Waals surface area (Å²) in [5.74, 6) is 0. The fourth-order valence-electron chi connectivity index (χ4n) is 2.86. The molecule has 0 radical (unpaired) electrons. The molecule has 3 rings (SSSR count). The fourth-order valence-corrected chi connectivity index (χ4v) is 3.13. The SMILES string of the molecule is N#Cc1cccc(N2CCCC2c2ccc(Br)cc2)c1. The normalized spacial score (nSPS) is 18.0. The highest BCUT2D eigenvalue weighted by molar-refractivity contribution is 9.10. The topological polar surface area (TPSA) is 27.0 Å². The molecule has 0 aromatic heterocycles.